The Kier molecular flexibility index (Phi) is 10.8. The highest BCUT2D eigenvalue weighted by atomic mass is 19.1. The van der Waals surface area contributed by atoms with E-state index in [0.29, 0.717) is 56.3 Å². The maximum absolute atomic E-state index is 16.6. The van der Waals surface area contributed by atoms with Crippen molar-refractivity contribution in [2.45, 2.75) is 77.0 Å². The van der Waals surface area contributed by atoms with Crippen LogP contribution in [0.2, 0.25) is 0 Å². The summed E-state index contributed by atoms with van der Waals surface area (Å²) in [7, 11) is 1.84. The Morgan fingerprint density at radius 3 is 2.30 bits per heavy atom. The highest BCUT2D eigenvalue weighted by molar-refractivity contribution is 6.23. The molecule has 5 aliphatic heterocycles. The molecule has 3 N–H and O–H groups in total. The number of aromatic nitrogens is 4. The molecule has 0 saturated carbocycles. The predicted molar refractivity (Wildman–Crippen MR) is 242 cm³/mol. The van der Waals surface area contributed by atoms with E-state index in [9.17, 15) is 28.8 Å². The van der Waals surface area contributed by atoms with Crippen LogP contribution in [0, 0.1) is 19.8 Å². The van der Waals surface area contributed by atoms with Crippen LogP contribution in [0.5, 0.6) is 0 Å². The number of anilines is 5. The Bertz CT molecular complexity index is 2840. The number of piperidine rings is 3. The summed E-state index contributed by atoms with van der Waals surface area (Å²) in [6.07, 6.45) is 3.39. The second-order valence-corrected chi connectivity index (χ2v) is 18.1. The highest BCUT2D eigenvalue weighted by Gasteiger charge is 2.47. The zero-order chi connectivity index (χ0) is 46.0. The van der Waals surface area contributed by atoms with Gasteiger partial charge in [0.2, 0.25) is 23.7 Å². The molecule has 5 aliphatic rings. The van der Waals surface area contributed by atoms with Crippen LogP contribution in [0.1, 0.15) is 81.5 Å². The lowest BCUT2D eigenvalue weighted by Gasteiger charge is -2.41. The van der Waals surface area contributed by atoms with Crippen molar-refractivity contribution >= 4 is 75.3 Å². The molecule has 66 heavy (non-hydrogen) atoms. The number of alkyl halides is 1. The number of imide groups is 2. The van der Waals surface area contributed by atoms with Crippen molar-refractivity contribution < 1.29 is 33.2 Å². The number of aryl methyl sites for hydroxylation is 3. The SMILES string of the molecule is Cc1cccc(C)c1Nc1nn(C)c2nc(Nc3ccc4c(c3)CN(C(=O)C3(F)CCN(C(=O)C5CCN(c6ccc7c(c6)C(=O)N(C6CCC(=O)NC6=O)C7=O)CC5)CC3)CC4)ncc12. The number of carbonyl (C=O) groups is 6. The van der Waals surface area contributed by atoms with E-state index in [1.54, 1.807) is 38.9 Å². The Morgan fingerprint density at radius 1 is 0.818 bits per heavy atom. The zero-order valence-corrected chi connectivity index (χ0v) is 37.0. The number of benzene rings is 3. The van der Waals surface area contributed by atoms with Crippen LogP contribution >= 0.6 is 0 Å². The van der Waals surface area contributed by atoms with Crippen LogP contribution in [0.4, 0.5) is 33.2 Å². The topological polar surface area (TPSA) is 195 Å². The number of hydrogen-bond acceptors (Lipinski definition) is 12. The molecule has 2 aromatic heterocycles. The van der Waals surface area contributed by atoms with Gasteiger partial charge in [-0.05, 0) is 92.1 Å². The number of hydrogen-bond donors (Lipinski definition) is 3. The van der Waals surface area contributed by atoms with Crippen molar-refractivity contribution in [1.82, 2.24) is 39.8 Å². The predicted octanol–water partition coefficient (Wildman–Crippen LogP) is 5.00. The fourth-order valence-electron chi connectivity index (χ4n) is 10.1. The summed E-state index contributed by atoms with van der Waals surface area (Å²) in [5.41, 5.74) is 5.66. The molecule has 10 rings (SSSR count). The summed E-state index contributed by atoms with van der Waals surface area (Å²) < 4.78 is 18.3. The molecule has 5 aromatic rings. The number of halogens is 1. The Morgan fingerprint density at radius 2 is 1.56 bits per heavy atom. The largest absolute Gasteiger partial charge is 0.371 e. The summed E-state index contributed by atoms with van der Waals surface area (Å²) >= 11 is 0. The van der Waals surface area contributed by atoms with Crippen molar-refractivity contribution in [3.05, 3.63) is 94.2 Å². The fraction of sp³-hybridized carbons (Fsp3) is 0.396. The quantitative estimate of drug-likeness (QED) is 0.177. The van der Waals surface area contributed by atoms with Crippen LogP contribution in [0.15, 0.2) is 60.8 Å². The van der Waals surface area contributed by atoms with E-state index in [-0.39, 0.29) is 68.3 Å². The van der Waals surface area contributed by atoms with E-state index < -0.39 is 41.2 Å². The van der Waals surface area contributed by atoms with Gasteiger partial charge in [0.25, 0.3) is 17.7 Å². The minimum Gasteiger partial charge on any atom is -0.371 e. The van der Waals surface area contributed by atoms with E-state index in [4.69, 9.17) is 4.98 Å². The molecule has 1 unspecified atom stereocenters. The summed E-state index contributed by atoms with van der Waals surface area (Å²) in [6, 6.07) is 16.0. The van der Waals surface area contributed by atoms with E-state index >= 15 is 4.39 Å². The molecular formula is C48H50FN11O6. The monoisotopic (exact) mass is 895 g/mol. The van der Waals surface area contributed by atoms with Crippen molar-refractivity contribution in [2.75, 3.05) is 48.3 Å². The maximum atomic E-state index is 16.6. The molecule has 3 saturated heterocycles. The number of carbonyl (C=O) groups excluding carboxylic acids is 6. The van der Waals surface area contributed by atoms with Crippen molar-refractivity contribution in [2.24, 2.45) is 13.0 Å². The highest BCUT2D eigenvalue weighted by Crippen LogP contribution is 2.36. The minimum atomic E-state index is -2.08. The lowest BCUT2D eigenvalue weighted by atomic mass is 9.88. The molecule has 340 valence electrons. The summed E-state index contributed by atoms with van der Waals surface area (Å²) in [4.78, 5) is 93.9. The molecule has 7 heterocycles. The lowest BCUT2D eigenvalue weighted by Crippen LogP contribution is -2.55. The molecule has 0 spiro atoms. The molecule has 18 heteroatoms. The van der Waals surface area contributed by atoms with Gasteiger partial charge in [0.1, 0.15) is 6.04 Å². The first-order chi connectivity index (χ1) is 31.7. The molecule has 17 nitrogen and oxygen atoms in total. The van der Waals surface area contributed by atoms with E-state index in [2.05, 4.69) is 30.9 Å². The summed E-state index contributed by atoms with van der Waals surface area (Å²) in [5, 5.41) is 14.4. The lowest BCUT2D eigenvalue weighted by molar-refractivity contribution is -0.152. The smallest absolute Gasteiger partial charge is 0.262 e. The van der Waals surface area contributed by atoms with Gasteiger partial charge in [-0.15, -0.1) is 0 Å². The first-order valence-corrected chi connectivity index (χ1v) is 22.5. The minimum absolute atomic E-state index is 0.0425. The average Bonchev–Trinajstić information content (AvgIpc) is 3.76. The van der Waals surface area contributed by atoms with Crippen LogP contribution in [-0.2, 0) is 39.2 Å². The standard InChI is InChI=1S/C48H50FN11O6/c1-27-5-4-6-28(2)39(27)53-40-36-25-50-47(54-41(36)56(3)55-40)51-32-8-7-29-13-20-59(26-31(29)23-32)46(66)48(49)16-21-58(22-17-48)43(63)30-14-18-57(19-15-30)33-9-10-34-35(24-33)45(65)60(44(34)64)37-11-12-38(61)52-42(37)62/h4-10,23-25,30,37H,11-22,26H2,1-3H3,(H,53,55)(H,50,51,54)(H,52,61,62). The number of likely N-dealkylation sites (tertiary alicyclic amines) is 1. The Hall–Kier alpha value is -7.24. The van der Waals surface area contributed by atoms with Gasteiger partial charge in [-0.1, -0.05) is 24.3 Å². The van der Waals surface area contributed by atoms with E-state index in [1.807, 2.05) is 57.3 Å². The van der Waals surface area contributed by atoms with Gasteiger partial charge >= 0.3 is 0 Å². The van der Waals surface area contributed by atoms with Gasteiger partial charge in [-0.25, -0.2) is 14.1 Å². The van der Waals surface area contributed by atoms with E-state index in [1.165, 1.54) is 0 Å². The molecule has 3 aromatic carbocycles. The number of nitrogens with zero attached hydrogens (tertiary/aromatic N) is 8. The van der Waals surface area contributed by atoms with Gasteiger partial charge in [-0.3, -0.25) is 39.0 Å². The molecule has 6 amide bonds. The number of rotatable bonds is 8. The number of para-hydroxylation sites is 1. The number of nitrogens with one attached hydrogen (secondary N) is 3. The maximum Gasteiger partial charge on any atom is 0.262 e. The van der Waals surface area contributed by atoms with Crippen LogP contribution in [-0.4, -0.2) is 114 Å². The van der Waals surface area contributed by atoms with Crippen molar-refractivity contribution in [3.8, 4) is 0 Å². The van der Waals surface area contributed by atoms with E-state index in [0.717, 1.165) is 49.6 Å². The number of amides is 6. The Balaban J connectivity index is 0.725. The number of fused-ring (bicyclic) bond motifs is 3. The normalized spacial score (nSPS) is 19.8. The van der Waals surface area contributed by atoms with Gasteiger partial charge in [0.05, 0.1) is 16.5 Å². The second-order valence-electron chi connectivity index (χ2n) is 18.1. The van der Waals surface area contributed by atoms with Gasteiger partial charge in [0, 0.05) is 94.8 Å². The van der Waals surface area contributed by atoms with Crippen molar-refractivity contribution in [3.63, 3.8) is 0 Å². The average molecular weight is 896 g/mol. The second kappa shape index (κ2) is 16.6. The molecule has 0 aliphatic carbocycles. The zero-order valence-electron chi connectivity index (χ0n) is 37.0. The first kappa shape index (κ1) is 42.7. The van der Waals surface area contributed by atoms with Gasteiger partial charge in [0.15, 0.2) is 17.1 Å². The van der Waals surface area contributed by atoms with Crippen LogP contribution in [0.25, 0.3) is 11.0 Å². The Labute approximate surface area is 379 Å². The third kappa shape index (κ3) is 7.66. The molecule has 3 fully saturated rings. The molecule has 1 atom stereocenters. The van der Waals surface area contributed by atoms with Gasteiger partial charge < -0.3 is 25.3 Å². The summed E-state index contributed by atoms with van der Waals surface area (Å²) in [5.74, 6) is -2.04. The molecule has 0 radical (unpaired) electrons. The van der Waals surface area contributed by atoms with Crippen LogP contribution < -0.4 is 20.9 Å². The van der Waals surface area contributed by atoms with Crippen LogP contribution in [0.3, 0.4) is 0 Å². The third-order valence-electron chi connectivity index (χ3n) is 14.0. The molecular weight excluding hydrogens is 846 g/mol. The van der Waals surface area contributed by atoms with Crippen molar-refractivity contribution in [1.29, 1.82) is 0 Å². The first-order valence-electron chi connectivity index (χ1n) is 22.5. The molecule has 0 bridgehead atoms. The summed E-state index contributed by atoms with van der Waals surface area (Å²) in [6.45, 7) is 6.11. The fourth-order valence-corrected chi connectivity index (χ4v) is 10.1. The third-order valence-corrected chi connectivity index (χ3v) is 14.0. The van der Waals surface area contributed by atoms with Gasteiger partial charge in [-0.2, -0.15) is 10.1 Å².